The lowest BCUT2D eigenvalue weighted by Crippen LogP contribution is -2.55. The number of aromatic nitrogens is 2. The van der Waals surface area contributed by atoms with Crippen LogP contribution >= 0.6 is 0 Å². The molecule has 0 amide bonds. The molecule has 0 aliphatic carbocycles. The number of hydrogen-bond acceptors (Lipinski definition) is 5. The summed E-state index contributed by atoms with van der Waals surface area (Å²) in [4.78, 5) is 15.5. The fourth-order valence-electron chi connectivity index (χ4n) is 4.06. The molecule has 3 heterocycles. The number of carboxylic acid groups (broad SMARTS) is 1. The summed E-state index contributed by atoms with van der Waals surface area (Å²) in [5.41, 5.74) is 0.982. The van der Waals surface area contributed by atoms with Gasteiger partial charge in [-0.2, -0.15) is 17.0 Å². The van der Waals surface area contributed by atoms with Gasteiger partial charge in [0.15, 0.2) is 0 Å². The molecule has 162 valence electrons. The molecular weight excluding hydrogens is 408 g/mol. The van der Waals surface area contributed by atoms with Gasteiger partial charge in [-0.15, -0.1) is 0 Å². The molecule has 1 aromatic carbocycles. The summed E-state index contributed by atoms with van der Waals surface area (Å²) in [6.45, 7) is 0.908. The highest BCUT2D eigenvalue weighted by atomic mass is 32.2. The van der Waals surface area contributed by atoms with Crippen molar-refractivity contribution in [2.75, 3.05) is 19.6 Å². The molecule has 1 aromatic heterocycles. The minimum absolute atomic E-state index is 0.0767. The van der Waals surface area contributed by atoms with Crippen LogP contribution in [0.2, 0.25) is 0 Å². The lowest BCUT2D eigenvalue weighted by atomic mass is 10.1. The second kappa shape index (κ2) is 8.75. The van der Waals surface area contributed by atoms with Crippen LogP contribution in [0, 0.1) is 0 Å². The normalized spacial score (nSPS) is 22.1. The number of ether oxygens (including phenoxy) is 1. The number of hydrogen-bond donors (Lipinski definition) is 1. The van der Waals surface area contributed by atoms with Crippen molar-refractivity contribution in [3.63, 3.8) is 0 Å². The highest BCUT2D eigenvalue weighted by Gasteiger charge is 2.41. The van der Waals surface area contributed by atoms with E-state index in [1.165, 1.54) is 4.31 Å². The fourth-order valence-corrected chi connectivity index (χ4v) is 5.90. The van der Waals surface area contributed by atoms with E-state index in [0.717, 1.165) is 22.2 Å². The molecule has 0 spiro atoms. The van der Waals surface area contributed by atoms with Crippen molar-refractivity contribution in [3.8, 4) is 11.4 Å². The van der Waals surface area contributed by atoms with E-state index in [1.54, 1.807) is 12.5 Å². The van der Waals surface area contributed by atoms with Gasteiger partial charge in [-0.05, 0) is 56.4 Å². The van der Waals surface area contributed by atoms with Crippen molar-refractivity contribution in [1.82, 2.24) is 18.2 Å². The van der Waals surface area contributed by atoms with Crippen LogP contribution in [0.15, 0.2) is 43.0 Å². The maximum Gasteiger partial charge on any atom is 0.322 e. The van der Waals surface area contributed by atoms with Crippen molar-refractivity contribution in [2.45, 2.75) is 44.2 Å². The highest BCUT2D eigenvalue weighted by molar-refractivity contribution is 7.86. The molecule has 2 saturated heterocycles. The Morgan fingerprint density at radius 1 is 1.07 bits per heavy atom. The van der Waals surface area contributed by atoms with E-state index in [1.807, 2.05) is 35.0 Å². The largest absolute Gasteiger partial charge is 0.490 e. The first kappa shape index (κ1) is 20.8. The van der Waals surface area contributed by atoms with E-state index in [9.17, 15) is 18.3 Å². The van der Waals surface area contributed by atoms with Crippen molar-refractivity contribution < 1.29 is 23.1 Å². The molecule has 2 aliphatic rings. The van der Waals surface area contributed by atoms with Crippen molar-refractivity contribution in [1.29, 1.82) is 0 Å². The summed E-state index contributed by atoms with van der Waals surface area (Å²) in [6, 6.07) is 6.71. The predicted molar refractivity (Wildman–Crippen MR) is 110 cm³/mol. The number of benzene rings is 1. The molecule has 1 unspecified atom stereocenters. The topological polar surface area (TPSA) is 105 Å². The number of aliphatic carboxylic acids is 1. The van der Waals surface area contributed by atoms with E-state index >= 15 is 0 Å². The van der Waals surface area contributed by atoms with Crippen molar-refractivity contribution in [2.24, 2.45) is 0 Å². The average Bonchev–Trinajstić information content (AvgIpc) is 3.29. The Morgan fingerprint density at radius 2 is 1.80 bits per heavy atom. The Bertz CT molecular complexity index is 954. The molecule has 4 rings (SSSR count). The molecule has 1 N–H and O–H groups in total. The SMILES string of the molecule is O=C(O)C1CCCCN1S(=O)(=O)N1CCC(Oc2ccc(-n3ccnc3)cc2)CC1. The van der Waals surface area contributed by atoms with E-state index in [-0.39, 0.29) is 12.6 Å². The second-order valence-electron chi connectivity index (χ2n) is 7.65. The molecule has 0 saturated carbocycles. The Labute approximate surface area is 176 Å². The number of rotatable bonds is 6. The number of piperidine rings is 2. The maximum atomic E-state index is 13.0. The third kappa shape index (κ3) is 4.35. The van der Waals surface area contributed by atoms with Crippen LogP contribution in [-0.4, -0.2) is 69.4 Å². The van der Waals surface area contributed by atoms with Gasteiger partial charge in [0, 0.05) is 37.7 Å². The van der Waals surface area contributed by atoms with Gasteiger partial charge in [0.25, 0.3) is 10.2 Å². The Hall–Kier alpha value is -2.43. The average molecular weight is 435 g/mol. The van der Waals surface area contributed by atoms with Gasteiger partial charge in [-0.25, -0.2) is 4.98 Å². The first-order valence-corrected chi connectivity index (χ1v) is 11.6. The molecule has 2 aromatic rings. The Kier molecular flexibility index (Phi) is 6.07. The predicted octanol–water partition coefficient (Wildman–Crippen LogP) is 1.90. The van der Waals surface area contributed by atoms with Gasteiger partial charge >= 0.3 is 5.97 Å². The van der Waals surface area contributed by atoms with Crippen LogP contribution in [0.4, 0.5) is 0 Å². The van der Waals surface area contributed by atoms with E-state index < -0.39 is 22.2 Å². The zero-order valence-corrected chi connectivity index (χ0v) is 17.4. The van der Waals surface area contributed by atoms with Crippen LogP contribution in [0.5, 0.6) is 5.75 Å². The molecule has 9 nitrogen and oxygen atoms in total. The molecular formula is C20H26N4O5S. The zero-order valence-electron chi connectivity index (χ0n) is 16.6. The monoisotopic (exact) mass is 434 g/mol. The van der Waals surface area contributed by atoms with Crippen LogP contribution in [0.25, 0.3) is 5.69 Å². The van der Waals surface area contributed by atoms with Gasteiger partial charge in [0.2, 0.25) is 0 Å². The van der Waals surface area contributed by atoms with E-state index in [2.05, 4.69) is 4.98 Å². The molecule has 2 fully saturated rings. The number of imidazole rings is 1. The van der Waals surface area contributed by atoms with Crippen LogP contribution < -0.4 is 4.74 Å². The standard InChI is InChI=1S/C20H26N4O5S/c25-20(26)19-3-1-2-11-24(19)30(27,28)23-12-8-18(9-13-23)29-17-6-4-16(5-7-17)22-14-10-21-15-22/h4-7,10,14-15,18-19H,1-3,8-9,11-13H2,(H,25,26). The highest BCUT2D eigenvalue weighted by Crippen LogP contribution is 2.27. The summed E-state index contributed by atoms with van der Waals surface area (Å²) in [5.74, 6) is -0.335. The molecule has 0 bridgehead atoms. The van der Waals surface area contributed by atoms with Crippen molar-refractivity contribution in [3.05, 3.63) is 43.0 Å². The molecule has 1 atom stereocenters. The number of nitrogens with zero attached hydrogens (tertiary/aromatic N) is 4. The van der Waals surface area contributed by atoms with Crippen LogP contribution in [-0.2, 0) is 15.0 Å². The Balaban J connectivity index is 1.35. The molecule has 2 aliphatic heterocycles. The summed E-state index contributed by atoms with van der Waals surface area (Å²) in [5, 5.41) is 9.41. The van der Waals surface area contributed by atoms with Gasteiger partial charge in [-0.1, -0.05) is 0 Å². The minimum atomic E-state index is -3.78. The first-order chi connectivity index (χ1) is 14.4. The van der Waals surface area contributed by atoms with E-state index in [0.29, 0.717) is 38.8 Å². The molecule has 30 heavy (non-hydrogen) atoms. The second-order valence-corrected chi connectivity index (χ2v) is 9.53. The molecule has 10 heteroatoms. The lowest BCUT2D eigenvalue weighted by molar-refractivity contribution is -0.142. The lowest BCUT2D eigenvalue weighted by Gasteiger charge is -2.38. The number of carbonyl (C=O) groups is 1. The summed E-state index contributed by atoms with van der Waals surface area (Å²) < 4.78 is 36.5. The smallest absolute Gasteiger partial charge is 0.322 e. The van der Waals surface area contributed by atoms with Gasteiger partial charge in [0.05, 0.1) is 6.33 Å². The zero-order chi connectivity index (χ0) is 21.1. The summed E-state index contributed by atoms with van der Waals surface area (Å²) in [6.07, 6.45) is 8.15. The third-order valence-electron chi connectivity index (χ3n) is 5.70. The summed E-state index contributed by atoms with van der Waals surface area (Å²) in [7, 11) is -3.78. The van der Waals surface area contributed by atoms with Gasteiger partial charge < -0.3 is 14.4 Å². The van der Waals surface area contributed by atoms with Crippen LogP contribution in [0.3, 0.4) is 0 Å². The quantitative estimate of drug-likeness (QED) is 0.745. The molecule has 0 radical (unpaired) electrons. The number of carboxylic acids is 1. The first-order valence-electron chi connectivity index (χ1n) is 10.2. The maximum absolute atomic E-state index is 13.0. The van der Waals surface area contributed by atoms with Crippen LogP contribution in [0.1, 0.15) is 32.1 Å². The Morgan fingerprint density at radius 3 is 2.43 bits per heavy atom. The third-order valence-corrected chi connectivity index (χ3v) is 7.75. The van der Waals surface area contributed by atoms with E-state index in [4.69, 9.17) is 4.74 Å². The van der Waals surface area contributed by atoms with Gasteiger partial charge in [-0.3, -0.25) is 4.79 Å². The van der Waals surface area contributed by atoms with Crippen molar-refractivity contribution >= 4 is 16.2 Å². The van der Waals surface area contributed by atoms with Gasteiger partial charge in [0.1, 0.15) is 17.9 Å². The summed E-state index contributed by atoms with van der Waals surface area (Å²) >= 11 is 0. The fraction of sp³-hybridized carbons (Fsp3) is 0.500. The minimum Gasteiger partial charge on any atom is -0.490 e.